The molecule has 1 atom stereocenters. The molecule has 0 spiro atoms. The summed E-state index contributed by atoms with van der Waals surface area (Å²) in [5.41, 5.74) is 13.0. The molecule has 3 rings (SSSR count). The Morgan fingerprint density at radius 1 is 1.03 bits per heavy atom. The number of halogens is 3. The number of fused-ring (bicyclic) bond motifs is 1. The predicted octanol–water partition coefficient (Wildman–Crippen LogP) is 3.31. The molecular weight excluding hydrogens is 525 g/mol. The van der Waals surface area contributed by atoms with E-state index in [1.807, 2.05) is 67.6 Å². The Morgan fingerprint density at radius 3 is 2.18 bits per heavy atom. The molecule has 0 heterocycles. The second kappa shape index (κ2) is 13.7. The van der Waals surface area contributed by atoms with E-state index in [-0.39, 0.29) is 17.4 Å². The molecule has 9 nitrogen and oxygen atoms in total. The molecule has 3 aromatic rings. The molecule has 0 radical (unpaired) electrons. The molecule has 0 fully saturated rings. The number of carboxylic acid groups (broad SMARTS) is 1. The number of aryl methyl sites for hydroxylation is 1. The van der Waals surface area contributed by atoms with E-state index in [0.717, 1.165) is 16.5 Å². The third-order valence-corrected chi connectivity index (χ3v) is 6.75. The molecular formula is C25H29F3N4O5S. The van der Waals surface area contributed by atoms with E-state index in [4.69, 9.17) is 26.1 Å². The highest BCUT2D eigenvalue weighted by Gasteiger charge is 2.38. The summed E-state index contributed by atoms with van der Waals surface area (Å²) in [6.07, 6.45) is -4.66. The van der Waals surface area contributed by atoms with E-state index in [1.165, 1.54) is 0 Å². The number of aliphatic carboxylic acids is 1. The number of aliphatic imine (C=N–C) groups is 1. The number of nitrogens with zero attached hydrogens (tertiary/aromatic N) is 1. The van der Waals surface area contributed by atoms with Crippen LogP contribution in [0.2, 0.25) is 0 Å². The van der Waals surface area contributed by atoms with Crippen molar-refractivity contribution in [1.29, 1.82) is 0 Å². The number of benzene rings is 3. The average molecular weight is 555 g/mol. The molecule has 206 valence electrons. The smallest absolute Gasteiger partial charge is 0.475 e. The number of nitrogens with two attached hydrogens (primary N) is 2. The van der Waals surface area contributed by atoms with Gasteiger partial charge in [-0.25, -0.2) is 17.9 Å². The molecule has 0 amide bonds. The predicted molar refractivity (Wildman–Crippen MR) is 138 cm³/mol. The van der Waals surface area contributed by atoms with Crippen molar-refractivity contribution in [2.45, 2.75) is 37.1 Å². The van der Waals surface area contributed by atoms with E-state index < -0.39 is 28.2 Å². The van der Waals surface area contributed by atoms with Crippen LogP contribution in [0.15, 0.2) is 76.6 Å². The minimum atomic E-state index is -5.08. The van der Waals surface area contributed by atoms with Crippen molar-refractivity contribution >= 4 is 32.7 Å². The van der Waals surface area contributed by atoms with Gasteiger partial charge in [0, 0.05) is 18.0 Å². The minimum Gasteiger partial charge on any atom is -0.475 e. The Morgan fingerprint density at radius 2 is 1.61 bits per heavy atom. The molecule has 0 saturated carbocycles. The zero-order chi connectivity index (χ0) is 28.3. The molecule has 6 N–H and O–H groups in total. The maximum absolute atomic E-state index is 13.2. The van der Waals surface area contributed by atoms with Gasteiger partial charge in [0.2, 0.25) is 10.0 Å². The lowest BCUT2D eigenvalue weighted by molar-refractivity contribution is -0.192. The number of carboxylic acids is 1. The zero-order valence-electron chi connectivity index (χ0n) is 20.5. The van der Waals surface area contributed by atoms with Crippen molar-refractivity contribution in [3.05, 3.63) is 77.9 Å². The molecule has 0 bridgehead atoms. The van der Waals surface area contributed by atoms with Crippen molar-refractivity contribution < 1.29 is 36.2 Å². The van der Waals surface area contributed by atoms with E-state index in [0.29, 0.717) is 25.0 Å². The number of hydrogen-bond acceptors (Lipinski definition) is 5. The van der Waals surface area contributed by atoms with Crippen molar-refractivity contribution in [3.63, 3.8) is 0 Å². The van der Waals surface area contributed by atoms with E-state index >= 15 is 0 Å². The van der Waals surface area contributed by atoms with Gasteiger partial charge in [-0.15, -0.1) is 0 Å². The molecule has 0 aliphatic heterocycles. The van der Waals surface area contributed by atoms with Crippen LogP contribution in [0.3, 0.4) is 0 Å². The highest BCUT2D eigenvalue weighted by atomic mass is 32.2. The fraction of sp³-hybridized carbons (Fsp3) is 0.280. The van der Waals surface area contributed by atoms with Gasteiger partial charge in [-0.05, 0) is 35.9 Å². The fourth-order valence-corrected chi connectivity index (χ4v) is 4.81. The quantitative estimate of drug-likeness (QED) is 0.170. The number of rotatable bonds is 10. The van der Waals surface area contributed by atoms with Crippen LogP contribution >= 0.6 is 0 Å². The normalized spacial score (nSPS) is 12.3. The van der Waals surface area contributed by atoms with E-state index in [1.54, 1.807) is 6.07 Å². The van der Waals surface area contributed by atoms with Gasteiger partial charge < -0.3 is 21.3 Å². The third-order valence-electron chi connectivity index (χ3n) is 5.17. The van der Waals surface area contributed by atoms with Crippen LogP contribution in [0.4, 0.5) is 13.2 Å². The summed E-state index contributed by atoms with van der Waals surface area (Å²) in [6.45, 7) is 2.89. The van der Waals surface area contributed by atoms with Crippen molar-refractivity contribution in [2.75, 3.05) is 13.2 Å². The summed E-state index contributed by atoms with van der Waals surface area (Å²) in [6, 6.07) is 20.2. The number of ether oxygens (including phenoxy) is 1. The Kier molecular flexibility index (Phi) is 11.0. The fourth-order valence-electron chi connectivity index (χ4n) is 3.33. The van der Waals surface area contributed by atoms with Gasteiger partial charge in [0.1, 0.15) is 0 Å². The topological polar surface area (TPSA) is 157 Å². The van der Waals surface area contributed by atoms with Gasteiger partial charge in [0.25, 0.3) is 0 Å². The van der Waals surface area contributed by atoms with Crippen LogP contribution in [0, 0.1) is 6.92 Å². The maximum Gasteiger partial charge on any atom is 0.490 e. The average Bonchev–Trinajstić information content (AvgIpc) is 2.85. The standard InChI is InChI=1S/C23H28N4O3S.C2HF3O2/c1-17-11-12-22(21-10-6-5-9-20(17)21)31(28,29)27-19(15-26-23(24)25)13-14-30-16-18-7-3-2-4-8-18;3-2(4,5)1(6)7/h2-12,19,27H,13-16H2,1H3,(H4,24,25,26);(H,6,7)/t19-;/m0./s1. The lowest BCUT2D eigenvalue weighted by atomic mass is 10.1. The zero-order valence-corrected chi connectivity index (χ0v) is 21.3. The summed E-state index contributed by atoms with van der Waals surface area (Å²) >= 11 is 0. The van der Waals surface area contributed by atoms with Crippen molar-refractivity contribution in [1.82, 2.24) is 4.72 Å². The first-order chi connectivity index (χ1) is 17.8. The molecule has 0 aromatic heterocycles. The highest BCUT2D eigenvalue weighted by Crippen LogP contribution is 2.26. The maximum atomic E-state index is 13.2. The summed E-state index contributed by atoms with van der Waals surface area (Å²) in [7, 11) is -3.80. The second-order valence-electron chi connectivity index (χ2n) is 8.14. The second-order valence-corrected chi connectivity index (χ2v) is 9.82. The SMILES string of the molecule is Cc1ccc(S(=O)(=O)N[C@@H](CCOCc2ccccc2)CN=C(N)N)c2ccccc12.O=C(O)C(F)(F)F. The number of nitrogens with one attached hydrogen (secondary N) is 1. The number of sulfonamides is 1. The van der Waals surface area contributed by atoms with Crippen LogP contribution in [0.5, 0.6) is 0 Å². The number of hydrogen-bond donors (Lipinski definition) is 4. The third kappa shape index (κ3) is 9.65. The minimum absolute atomic E-state index is 0.0878. The van der Waals surface area contributed by atoms with Gasteiger partial charge in [0.15, 0.2) is 5.96 Å². The summed E-state index contributed by atoms with van der Waals surface area (Å²) < 4.78 is 66.6. The van der Waals surface area contributed by atoms with Crippen LogP contribution in [-0.4, -0.2) is 50.8 Å². The van der Waals surface area contributed by atoms with Gasteiger partial charge >= 0.3 is 12.1 Å². The van der Waals surface area contributed by atoms with E-state index in [9.17, 15) is 21.6 Å². The number of guanidine groups is 1. The lowest BCUT2D eigenvalue weighted by Crippen LogP contribution is -2.39. The molecule has 0 saturated heterocycles. The van der Waals surface area contributed by atoms with Gasteiger partial charge in [-0.2, -0.15) is 13.2 Å². The molecule has 0 aliphatic rings. The van der Waals surface area contributed by atoms with Crippen molar-refractivity contribution in [2.24, 2.45) is 16.5 Å². The summed E-state index contributed by atoms with van der Waals surface area (Å²) in [5, 5.41) is 8.70. The Balaban J connectivity index is 0.000000638. The molecule has 38 heavy (non-hydrogen) atoms. The first kappa shape index (κ1) is 30.5. The Bertz CT molecular complexity index is 1350. The van der Waals surface area contributed by atoms with Gasteiger partial charge in [-0.1, -0.05) is 60.7 Å². The Labute approximate surface area is 218 Å². The van der Waals surface area contributed by atoms with E-state index in [2.05, 4.69) is 9.71 Å². The van der Waals surface area contributed by atoms with Crippen LogP contribution in [0.25, 0.3) is 10.8 Å². The lowest BCUT2D eigenvalue weighted by Gasteiger charge is -2.18. The number of alkyl halides is 3. The van der Waals surface area contributed by atoms with Crippen LogP contribution < -0.4 is 16.2 Å². The molecule has 13 heteroatoms. The van der Waals surface area contributed by atoms with Gasteiger partial charge in [-0.3, -0.25) is 4.99 Å². The summed E-state index contributed by atoms with van der Waals surface area (Å²) in [4.78, 5) is 13.1. The summed E-state index contributed by atoms with van der Waals surface area (Å²) in [5.74, 6) is -2.84. The molecule has 0 unspecified atom stereocenters. The Hall–Kier alpha value is -3.68. The van der Waals surface area contributed by atoms with Gasteiger partial charge in [0.05, 0.1) is 18.0 Å². The highest BCUT2D eigenvalue weighted by molar-refractivity contribution is 7.89. The molecule has 0 aliphatic carbocycles. The monoisotopic (exact) mass is 554 g/mol. The molecule has 3 aromatic carbocycles. The van der Waals surface area contributed by atoms with Crippen molar-refractivity contribution in [3.8, 4) is 0 Å². The first-order valence-electron chi connectivity index (χ1n) is 11.3. The van der Waals surface area contributed by atoms with Crippen LogP contribution in [0.1, 0.15) is 17.5 Å². The number of carbonyl (C=O) groups is 1. The van der Waals surface area contributed by atoms with Crippen LogP contribution in [-0.2, 0) is 26.2 Å². The largest absolute Gasteiger partial charge is 0.490 e. The first-order valence-corrected chi connectivity index (χ1v) is 12.8.